The molecule has 1 aliphatic heterocycles. The summed E-state index contributed by atoms with van der Waals surface area (Å²) in [6, 6.07) is 54.1. The van der Waals surface area contributed by atoms with Gasteiger partial charge in [0, 0.05) is 45.8 Å². The van der Waals surface area contributed by atoms with Crippen molar-refractivity contribution in [3.05, 3.63) is 238 Å². The Bertz CT molecular complexity index is 3910. The van der Waals surface area contributed by atoms with Gasteiger partial charge in [-0.25, -0.2) is 0 Å². The number of benzene rings is 9. The second-order valence-corrected chi connectivity index (χ2v) is 20.6. The van der Waals surface area contributed by atoms with Gasteiger partial charge in [-0.15, -0.1) is 0 Å². The van der Waals surface area contributed by atoms with Gasteiger partial charge >= 0.3 is 6.18 Å². The van der Waals surface area contributed by atoms with Crippen molar-refractivity contribution in [2.24, 2.45) is 5.73 Å². The number of fused-ring (bicyclic) bond motifs is 4. The fourth-order valence-corrected chi connectivity index (χ4v) is 10.2. The Morgan fingerprint density at radius 1 is 0.566 bits per heavy atom. The Morgan fingerprint density at radius 2 is 1.06 bits per heavy atom. The number of halogens is 3. The van der Waals surface area contributed by atoms with Gasteiger partial charge in [0.25, 0.3) is 17.7 Å². The molecule has 1 atom stereocenters. The number of anilines is 2. The summed E-state index contributed by atoms with van der Waals surface area (Å²) in [7, 11) is 0. The highest BCUT2D eigenvalue weighted by atomic mass is 19.4. The summed E-state index contributed by atoms with van der Waals surface area (Å²) in [5, 5.41) is 15.4. The van der Waals surface area contributed by atoms with Crippen LogP contribution in [0.3, 0.4) is 0 Å². The third kappa shape index (κ3) is 14.0. The first-order chi connectivity index (χ1) is 39.7. The summed E-state index contributed by atoms with van der Waals surface area (Å²) in [4.78, 5) is 41.9. The zero-order valence-electron chi connectivity index (χ0n) is 48.5. The SMILES string of the molecule is CC.CC.Cc1cc2cc(CN)[nH]c2cc1C(=O)NC(C)(C)c1cccc2ccccc12.Cc1ccc(N)cc1C(=O)NC(c1cccc2ccccc12)C(F)(F)F.Cc1ccc(N)cc1C(=O)NC1(c2cccc3ccccc23)COC1. The number of aromatic nitrogens is 1. The monoisotopic (exact) mass is 1120 g/mol. The Kier molecular flexibility index (Phi) is 19.9. The molecule has 14 heteroatoms. The van der Waals surface area contributed by atoms with Crippen molar-refractivity contribution >= 4 is 72.3 Å². The van der Waals surface area contributed by atoms with Crippen molar-refractivity contribution in [3.63, 3.8) is 0 Å². The van der Waals surface area contributed by atoms with Crippen LogP contribution in [0.5, 0.6) is 0 Å². The van der Waals surface area contributed by atoms with Gasteiger partial charge in [-0.2, -0.15) is 13.2 Å². The van der Waals surface area contributed by atoms with E-state index in [4.69, 9.17) is 21.9 Å². The van der Waals surface area contributed by atoms with Crippen LogP contribution in [0.2, 0.25) is 0 Å². The number of H-pyrrole nitrogens is 1. The number of nitrogen functional groups attached to an aromatic ring is 2. The molecule has 430 valence electrons. The number of carbonyl (C=O) groups is 3. The second-order valence-electron chi connectivity index (χ2n) is 20.6. The molecule has 0 bridgehead atoms. The molecule has 0 saturated carbocycles. The maximum atomic E-state index is 13.8. The molecular weight excluding hydrogens is 1050 g/mol. The van der Waals surface area contributed by atoms with Crippen molar-refractivity contribution in [1.29, 1.82) is 0 Å². The first-order valence-corrected chi connectivity index (χ1v) is 27.8. The number of carbonyl (C=O) groups excluding carboxylic acids is 3. The third-order valence-corrected chi connectivity index (χ3v) is 14.5. The molecule has 1 aliphatic rings. The summed E-state index contributed by atoms with van der Waals surface area (Å²) in [6.07, 6.45) is -4.64. The molecule has 9 aromatic carbocycles. The number of aromatic amines is 1. The maximum Gasteiger partial charge on any atom is 0.412 e. The van der Waals surface area contributed by atoms with Crippen LogP contribution in [0.25, 0.3) is 43.2 Å². The normalized spacial score (nSPS) is 12.8. The van der Waals surface area contributed by atoms with Crippen molar-refractivity contribution < 1.29 is 32.3 Å². The minimum atomic E-state index is -4.64. The molecule has 0 spiro atoms. The predicted octanol–water partition coefficient (Wildman–Crippen LogP) is 15.0. The summed E-state index contributed by atoms with van der Waals surface area (Å²) < 4.78 is 46.7. The molecule has 11 nitrogen and oxygen atoms in total. The molecule has 1 saturated heterocycles. The van der Waals surface area contributed by atoms with Crippen LogP contribution in [0.4, 0.5) is 24.5 Å². The van der Waals surface area contributed by atoms with E-state index in [1.54, 1.807) is 67.6 Å². The summed E-state index contributed by atoms with van der Waals surface area (Å²) in [5.74, 6) is -1.02. The number of hydrogen-bond donors (Lipinski definition) is 7. The van der Waals surface area contributed by atoms with E-state index in [9.17, 15) is 27.6 Å². The van der Waals surface area contributed by atoms with Crippen LogP contribution in [0.1, 0.15) is 118 Å². The average Bonchev–Trinajstić information content (AvgIpc) is 4.07. The van der Waals surface area contributed by atoms with Crippen molar-refractivity contribution in [2.45, 2.75) is 92.2 Å². The minimum absolute atomic E-state index is 0.00510. The fourth-order valence-electron chi connectivity index (χ4n) is 10.2. The van der Waals surface area contributed by atoms with E-state index in [-0.39, 0.29) is 22.9 Å². The first-order valence-electron chi connectivity index (χ1n) is 27.8. The molecule has 10 N–H and O–H groups in total. The largest absolute Gasteiger partial charge is 0.412 e. The second kappa shape index (κ2) is 26.7. The number of alkyl halides is 3. The lowest BCUT2D eigenvalue weighted by Crippen LogP contribution is -2.59. The Balaban J connectivity index is 0.000000174. The maximum absolute atomic E-state index is 13.8. The van der Waals surface area contributed by atoms with Crippen LogP contribution in [-0.4, -0.2) is 42.1 Å². The van der Waals surface area contributed by atoms with Gasteiger partial charge in [0.15, 0.2) is 6.04 Å². The van der Waals surface area contributed by atoms with Gasteiger partial charge in [0.2, 0.25) is 0 Å². The van der Waals surface area contributed by atoms with Crippen LogP contribution in [0.15, 0.2) is 182 Å². The van der Waals surface area contributed by atoms with Crippen LogP contribution >= 0.6 is 0 Å². The standard InChI is InChI=1S/C24H25N3O.C21H20N2O2.C20H17F3N2O.2C2H6/c1-15-11-17-12-18(14-25)26-22(17)13-20(15)23(28)27-24(2,3)21-10-6-8-16-7-4-5-9-19(16)21;1-14-9-10-16(22)11-18(14)20(24)23-21(12-25-13-21)19-8-4-6-15-5-2-3-7-17(15)19;1-12-9-10-14(24)11-17(12)19(26)25-18(20(21,22)23)16-8-4-6-13-5-2-3-7-15(13)16;2*1-2/h4-13,26H,14,25H2,1-3H3,(H,27,28);2-11H,12-13,22H2,1H3,(H,23,24);2-11,18H,24H2,1H3,(H,25,26);2*1-2H3. The van der Waals surface area contributed by atoms with Crippen LogP contribution in [-0.2, 0) is 22.4 Å². The number of aryl methyl sites for hydroxylation is 3. The third-order valence-electron chi connectivity index (χ3n) is 14.5. The van der Waals surface area contributed by atoms with E-state index in [1.807, 2.05) is 116 Å². The van der Waals surface area contributed by atoms with Crippen LogP contribution in [0, 0.1) is 20.8 Å². The Morgan fingerprint density at radius 3 is 1.63 bits per heavy atom. The lowest BCUT2D eigenvalue weighted by atomic mass is 9.84. The number of nitrogens with two attached hydrogens (primary N) is 3. The Hall–Kier alpha value is -8.98. The molecule has 0 radical (unpaired) electrons. The molecule has 1 aromatic heterocycles. The number of hydrogen-bond acceptors (Lipinski definition) is 7. The lowest BCUT2D eigenvalue weighted by molar-refractivity contribution is -0.155. The molecule has 11 rings (SSSR count). The quantitative estimate of drug-likeness (QED) is 0.0663. The van der Waals surface area contributed by atoms with Gasteiger partial charge in [-0.3, -0.25) is 14.4 Å². The zero-order chi connectivity index (χ0) is 60.2. The van der Waals surface area contributed by atoms with Gasteiger partial charge < -0.3 is 42.9 Å². The molecule has 0 aliphatic carbocycles. The smallest absolute Gasteiger partial charge is 0.399 e. The number of amides is 3. The highest BCUT2D eigenvalue weighted by molar-refractivity contribution is 6.01. The summed E-state index contributed by atoms with van der Waals surface area (Å²) in [6.45, 7) is 19.0. The summed E-state index contributed by atoms with van der Waals surface area (Å²) in [5.41, 5.74) is 25.0. The van der Waals surface area contributed by atoms with Crippen molar-refractivity contribution in [2.75, 3.05) is 24.7 Å². The van der Waals surface area contributed by atoms with E-state index in [1.165, 1.54) is 17.5 Å². The van der Waals surface area contributed by atoms with Crippen LogP contribution < -0.4 is 33.2 Å². The predicted molar refractivity (Wildman–Crippen MR) is 333 cm³/mol. The molecule has 1 fully saturated rings. The van der Waals surface area contributed by atoms with Gasteiger partial charge in [-0.05, 0) is 148 Å². The molecule has 1 unspecified atom stereocenters. The van der Waals surface area contributed by atoms with Crippen molar-refractivity contribution in [3.8, 4) is 0 Å². The van der Waals surface area contributed by atoms with E-state index >= 15 is 0 Å². The fraction of sp³-hybridized carbons (Fsp3) is 0.232. The summed E-state index contributed by atoms with van der Waals surface area (Å²) >= 11 is 0. The molecule has 2 heterocycles. The number of nitrogens with one attached hydrogen (secondary N) is 4. The molecule has 3 amide bonds. The van der Waals surface area contributed by atoms with E-state index in [0.717, 1.165) is 55.0 Å². The molecule has 10 aromatic rings. The minimum Gasteiger partial charge on any atom is -0.399 e. The highest BCUT2D eigenvalue weighted by Gasteiger charge is 2.44. The molecule has 83 heavy (non-hydrogen) atoms. The zero-order valence-corrected chi connectivity index (χ0v) is 48.5. The van der Waals surface area contributed by atoms with Crippen molar-refractivity contribution in [1.82, 2.24) is 20.9 Å². The average molecular weight is 1120 g/mol. The lowest BCUT2D eigenvalue weighted by Gasteiger charge is -2.43. The first kappa shape index (κ1) is 61.6. The molecular formula is C69H74F3N7O4. The number of rotatable bonds is 10. The van der Waals surface area contributed by atoms with E-state index in [2.05, 4.69) is 69.5 Å². The van der Waals surface area contributed by atoms with E-state index in [0.29, 0.717) is 58.6 Å². The topological polar surface area (TPSA) is 190 Å². The Labute approximate surface area is 483 Å². The van der Waals surface area contributed by atoms with Gasteiger partial charge in [0.05, 0.1) is 18.8 Å². The van der Waals surface area contributed by atoms with Gasteiger partial charge in [-0.1, -0.05) is 167 Å². The highest BCUT2D eigenvalue weighted by Crippen LogP contribution is 2.38. The number of ether oxygens (including phenoxy) is 1. The van der Waals surface area contributed by atoms with Gasteiger partial charge in [0.1, 0.15) is 5.54 Å². The van der Waals surface area contributed by atoms with E-state index < -0.39 is 29.2 Å².